The maximum absolute atomic E-state index is 13.1. The SMILES string of the molecule is Nc1c(F)cc(Cl)c2c1OCC=C2. The van der Waals surface area contributed by atoms with E-state index in [1.54, 1.807) is 12.2 Å². The minimum Gasteiger partial charge on any atom is -0.487 e. The van der Waals surface area contributed by atoms with Gasteiger partial charge in [0.1, 0.15) is 12.3 Å². The highest BCUT2D eigenvalue weighted by Crippen LogP contribution is 2.37. The average Bonchev–Trinajstić information content (AvgIpc) is 2.15. The van der Waals surface area contributed by atoms with Crippen LogP contribution < -0.4 is 10.5 Å². The van der Waals surface area contributed by atoms with Crippen molar-refractivity contribution in [1.29, 1.82) is 0 Å². The molecule has 0 spiro atoms. The number of anilines is 1. The normalized spacial score (nSPS) is 13.7. The van der Waals surface area contributed by atoms with Gasteiger partial charge in [-0.15, -0.1) is 0 Å². The predicted octanol–water partition coefficient (Wildman–Crippen LogP) is 2.47. The Bertz CT molecular complexity index is 390. The lowest BCUT2D eigenvalue weighted by atomic mass is 10.1. The third kappa shape index (κ3) is 1.25. The fourth-order valence-corrected chi connectivity index (χ4v) is 1.48. The molecule has 4 heteroatoms. The van der Waals surface area contributed by atoms with Gasteiger partial charge in [0, 0.05) is 5.56 Å². The van der Waals surface area contributed by atoms with Crippen LogP contribution in [0.3, 0.4) is 0 Å². The lowest BCUT2D eigenvalue weighted by Gasteiger charge is -2.15. The molecular formula is C9H7ClFNO. The van der Waals surface area contributed by atoms with Gasteiger partial charge in [-0.2, -0.15) is 0 Å². The van der Waals surface area contributed by atoms with Crippen molar-refractivity contribution in [2.24, 2.45) is 0 Å². The second-order valence-corrected chi connectivity index (χ2v) is 3.12. The molecule has 2 nitrogen and oxygen atoms in total. The van der Waals surface area contributed by atoms with Gasteiger partial charge >= 0.3 is 0 Å². The summed E-state index contributed by atoms with van der Waals surface area (Å²) >= 11 is 5.79. The van der Waals surface area contributed by atoms with Gasteiger partial charge in [-0.3, -0.25) is 0 Å². The van der Waals surface area contributed by atoms with Gasteiger partial charge in [-0.25, -0.2) is 4.39 Å². The van der Waals surface area contributed by atoms with E-state index in [2.05, 4.69) is 0 Å². The number of benzene rings is 1. The van der Waals surface area contributed by atoms with Gasteiger partial charge in [0.15, 0.2) is 11.6 Å². The molecule has 0 amide bonds. The first-order valence-corrected chi connectivity index (χ1v) is 4.15. The van der Waals surface area contributed by atoms with E-state index in [1.165, 1.54) is 6.07 Å². The van der Waals surface area contributed by atoms with Crippen LogP contribution in [0.1, 0.15) is 5.56 Å². The lowest BCUT2D eigenvalue weighted by Crippen LogP contribution is -2.05. The van der Waals surface area contributed by atoms with E-state index in [0.29, 0.717) is 22.9 Å². The van der Waals surface area contributed by atoms with Gasteiger partial charge < -0.3 is 10.5 Å². The van der Waals surface area contributed by atoms with Crippen molar-refractivity contribution in [3.8, 4) is 5.75 Å². The molecule has 0 radical (unpaired) electrons. The van der Waals surface area contributed by atoms with Crippen LogP contribution in [0.15, 0.2) is 12.1 Å². The van der Waals surface area contributed by atoms with Crippen LogP contribution in [-0.4, -0.2) is 6.61 Å². The molecule has 1 aromatic carbocycles. The van der Waals surface area contributed by atoms with E-state index in [0.717, 1.165) is 0 Å². The molecule has 2 N–H and O–H groups in total. The Morgan fingerprint density at radius 3 is 3.08 bits per heavy atom. The molecule has 2 rings (SSSR count). The molecule has 1 aliphatic heterocycles. The molecular weight excluding hydrogens is 193 g/mol. The third-order valence-electron chi connectivity index (χ3n) is 1.87. The van der Waals surface area contributed by atoms with Crippen LogP contribution in [0.2, 0.25) is 5.02 Å². The van der Waals surface area contributed by atoms with Crippen molar-refractivity contribution >= 4 is 23.4 Å². The Labute approximate surface area is 79.8 Å². The first-order chi connectivity index (χ1) is 6.20. The first-order valence-electron chi connectivity index (χ1n) is 3.77. The van der Waals surface area contributed by atoms with Crippen molar-refractivity contribution in [3.63, 3.8) is 0 Å². The van der Waals surface area contributed by atoms with Crippen molar-refractivity contribution in [1.82, 2.24) is 0 Å². The molecule has 1 heterocycles. The monoisotopic (exact) mass is 199 g/mol. The zero-order valence-electron chi connectivity index (χ0n) is 6.68. The summed E-state index contributed by atoms with van der Waals surface area (Å²) in [5.74, 6) is -0.202. The van der Waals surface area contributed by atoms with Gasteiger partial charge in [0.25, 0.3) is 0 Å². The molecule has 0 atom stereocenters. The third-order valence-corrected chi connectivity index (χ3v) is 2.18. The Morgan fingerprint density at radius 1 is 1.54 bits per heavy atom. The second kappa shape index (κ2) is 2.92. The van der Waals surface area contributed by atoms with E-state index < -0.39 is 5.82 Å². The molecule has 1 aliphatic rings. The van der Waals surface area contributed by atoms with E-state index in [9.17, 15) is 4.39 Å². The second-order valence-electron chi connectivity index (χ2n) is 2.71. The Morgan fingerprint density at radius 2 is 2.31 bits per heavy atom. The minimum atomic E-state index is -0.543. The van der Waals surface area contributed by atoms with Crippen LogP contribution in [0.4, 0.5) is 10.1 Å². The fourth-order valence-electron chi connectivity index (χ4n) is 1.24. The van der Waals surface area contributed by atoms with Crippen molar-refractivity contribution < 1.29 is 9.13 Å². The zero-order chi connectivity index (χ0) is 9.42. The van der Waals surface area contributed by atoms with E-state index in [-0.39, 0.29) is 5.69 Å². The lowest BCUT2D eigenvalue weighted by molar-refractivity contribution is 0.358. The number of nitrogen functional groups attached to an aromatic ring is 1. The summed E-state index contributed by atoms with van der Waals surface area (Å²) in [7, 11) is 0. The number of nitrogens with two attached hydrogens (primary N) is 1. The molecule has 0 unspecified atom stereocenters. The van der Waals surface area contributed by atoms with Crippen molar-refractivity contribution in [2.75, 3.05) is 12.3 Å². The number of rotatable bonds is 0. The Balaban J connectivity index is 2.71. The molecule has 0 aliphatic carbocycles. The molecule has 0 saturated heterocycles. The molecule has 0 fully saturated rings. The van der Waals surface area contributed by atoms with Gasteiger partial charge in [-0.05, 0) is 12.1 Å². The summed E-state index contributed by atoms with van der Waals surface area (Å²) in [6, 6.07) is 1.19. The number of fused-ring (bicyclic) bond motifs is 1. The van der Waals surface area contributed by atoms with Gasteiger partial charge in [-0.1, -0.05) is 17.7 Å². The summed E-state index contributed by atoms with van der Waals surface area (Å²) in [4.78, 5) is 0. The molecule has 0 saturated carbocycles. The summed E-state index contributed by atoms with van der Waals surface area (Å²) in [5.41, 5.74) is 6.14. The maximum Gasteiger partial charge on any atom is 0.154 e. The fraction of sp³-hybridized carbons (Fsp3) is 0.111. The van der Waals surface area contributed by atoms with Crippen LogP contribution in [-0.2, 0) is 0 Å². The topological polar surface area (TPSA) is 35.2 Å². The number of hydrogen-bond donors (Lipinski definition) is 1. The molecule has 13 heavy (non-hydrogen) atoms. The predicted molar refractivity (Wildman–Crippen MR) is 50.4 cm³/mol. The molecule has 68 valence electrons. The highest BCUT2D eigenvalue weighted by molar-refractivity contribution is 6.32. The van der Waals surface area contributed by atoms with Gasteiger partial charge in [0.05, 0.1) is 5.02 Å². The summed E-state index contributed by atoms with van der Waals surface area (Å²) in [5, 5.41) is 0.317. The van der Waals surface area contributed by atoms with E-state index >= 15 is 0 Å². The smallest absolute Gasteiger partial charge is 0.154 e. The first kappa shape index (κ1) is 8.38. The highest BCUT2D eigenvalue weighted by Gasteiger charge is 2.16. The summed E-state index contributed by atoms with van der Waals surface area (Å²) < 4.78 is 18.2. The molecule has 0 bridgehead atoms. The zero-order valence-corrected chi connectivity index (χ0v) is 7.44. The minimum absolute atomic E-state index is 0.0174. The van der Waals surface area contributed by atoms with Crippen molar-refractivity contribution in [3.05, 3.63) is 28.5 Å². The molecule has 0 aromatic heterocycles. The Hall–Kier alpha value is -1.22. The molecule has 1 aromatic rings. The van der Waals surface area contributed by atoms with Crippen LogP contribution in [0.5, 0.6) is 5.75 Å². The Kier molecular flexibility index (Phi) is 1.88. The van der Waals surface area contributed by atoms with Crippen LogP contribution >= 0.6 is 11.6 Å². The van der Waals surface area contributed by atoms with E-state index in [1.807, 2.05) is 0 Å². The number of ether oxygens (including phenoxy) is 1. The average molecular weight is 200 g/mol. The highest BCUT2D eigenvalue weighted by atomic mass is 35.5. The van der Waals surface area contributed by atoms with Gasteiger partial charge in [0.2, 0.25) is 0 Å². The van der Waals surface area contributed by atoms with E-state index in [4.69, 9.17) is 22.1 Å². The quantitative estimate of drug-likeness (QED) is 0.652. The summed E-state index contributed by atoms with van der Waals surface area (Å²) in [6.07, 6.45) is 3.57. The van der Waals surface area contributed by atoms with Crippen LogP contribution in [0.25, 0.3) is 6.08 Å². The summed E-state index contributed by atoms with van der Waals surface area (Å²) in [6.45, 7) is 0.400. The number of halogens is 2. The number of hydrogen-bond acceptors (Lipinski definition) is 2. The van der Waals surface area contributed by atoms with Crippen LogP contribution in [0, 0.1) is 5.82 Å². The standard InChI is InChI=1S/C9H7ClFNO/c10-6-4-7(11)8(12)9-5(6)2-1-3-13-9/h1-2,4H,3,12H2. The van der Waals surface area contributed by atoms with Crippen molar-refractivity contribution in [2.45, 2.75) is 0 Å². The maximum atomic E-state index is 13.1. The largest absolute Gasteiger partial charge is 0.487 e.